The fourth-order valence-electron chi connectivity index (χ4n) is 1.78. The van der Waals surface area contributed by atoms with Gasteiger partial charge in [0.25, 0.3) is 0 Å². The van der Waals surface area contributed by atoms with Gasteiger partial charge >= 0.3 is 0 Å². The molecule has 0 N–H and O–H groups in total. The second kappa shape index (κ2) is 3.87. The number of fused-ring (bicyclic) bond motifs is 1. The number of hydrogen-bond acceptors (Lipinski definition) is 3. The lowest BCUT2D eigenvalue weighted by Gasteiger charge is -2.23. The highest BCUT2D eigenvalue weighted by molar-refractivity contribution is 6.10. The molecule has 2 rings (SSSR count). The van der Waals surface area contributed by atoms with Gasteiger partial charge in [0.05, 0.1) is 12.7 Å². The van der Waals surface area contributed by atoms with Gasteiger partial charge < -0.3 is 9.47 Å². The van der Waals surface area contributed by atoms with Gasteiger partial charge in [-0.2, -0.15) is 0 Å². The summed E-state index contributed by atoms with van der Waals surface area (Å²) in [5, 5.41) is 0. The maximum atomic E-state index is 11.7. The van der Waals surface area contributed by atoms with E-state index in [1.165, 1.54) is 6.08 Å². The molecule has 0 bridgehead atoms. The smallest absolute Gasteiger partial charge is 0.189 e. The van der Waals surface area contributed by atoms with Gasteiger partial charge in [-0.15, -0.1) is 0 Å². The zero-order valence-electron chi connectivity index (χ0n) is 8.69. The highest BCUT2D eigenvalue weighted by Crippen LogP contribution is 2.29. The minimum absolute atomic E-state index is 0.0317. The summed E-state index contributed by atoms with van der Waals surface area (Å²) < 4.78 is 10.5. The van der Waals surface area contributed by atoms with Crippen LogP contribution in [0.15, 0.2) is 47.3 Å². The van der Waals surface area contributed by atoms with E-state index in [1.807, 2.05) is 18.2 Å². The fourth-order valence-corrected chi connectivity index (χ4v) is 1.78. The van der Waals surface area contributed by atoms with Crippen LogP contribution in [-0.4, -0.2) is 26.1 Å². The van der Waals surface area contributed by atoms with Gasteiger partial charge in [0.1, 0.15) is 11.9 Å². The molecule has 3 nitrogen and oxygen atoms in total. The van der Waals surface area contributed by atoms with E-state index in [1.54, 1.807) is 20.3 Å². The number of ether oxygens (including phenoxy) is 2. The highest BCUT2D eigenvalue weighted by Gasteiger charge is 2.27. The number of rotatable bonds is 2. The molecule has 0 radical (unpaired) electrons. The van der Waals surface area contributed by atoms with Crippen molar-refractivity contribution >= 4 is 5.78 Å². The van der Waals surface area contributed by atoms with Gasteiger partial charge in [0.2, 0.25) is 0 Å². The molecule has 0 amide bonds. The molecule has 0 aromatic rings. The molecule has 0 aromatic carbocycles. The predicted molar refractivity (Wildman–Crippen MR) is 56.2 cm³/mol. The second-order valence-corrected chi connectivity index (χ2v) is 3.30. The van der Waals surface area contributed by atoms with Crippen LogP contribution in [0.25, 0.3) is 0 Å². The molecule has 3 heteroatoms. The van der Waals surface area contributed by atoms with Crippen LogP contribution >= 0.6 is 0 Å². The summed E-state index contributed by atoms with van der Waals surface area (Å²) in [6, 6.07) is 0. The summed E-state index contributed by atoms with van der Waals surface area (Å²) in [7, 11) is 3.14. The average Bonchev–Trinajstić information content (AvgIpc) is 2.28. The molecule has 0 fully saturated rings. The Balaban J connectivity index is 2.52. The Morgan fingerprint density at radius 2 is 2.07 bits per heavy atom. The first-order chi connectivity index (χ1) is 7.27. The zero-order valence-corrected chi connectivity index (χ0v) is 8.69. The summed E-state index contributed by atoms with van der Waals surface area (Å²) in [6.07, 6.45) is 8.65. The number of methoxy groups -OCH3 is 2. The number of ketones is 1. The number of allylic oxidation sites excluding steroid dienone is 6. The van der Waals surface area contributed by atoms with E-state index in [0.717, 1.165) is 5.57 Å². The molecule has 0 spiro atoms. The molecule has 0 aromatic heterocycles. The topological polar surface area (TPSA) is 35.5 Å². The van der Waals surface area contributed by atoms with Crippen molar-refractivity contribution in [3.63, 3.8) is 0 Å². The summed E-state index contributed by atoms with van der Waals surface area (Å²) >= 11 is 0. The zero-order chi connectivity index (χ0) is 10.8. The first kappa shape index (κ1) is 9.93. The molecule has 78 valence electrons. The molecule has 0 saturated carbocycles. The molecule has 2 aliphatic rings. The maximum absolute atomic E-state index is 11.7. The lowest BCUT2D eigenvalue weighted by molar-refractivity contribution is -0.111. The molecule has 0 saturated heterocycles. The quantitative estimate of drug-likeness (QED) is 0.684. The summed E-state index contributed by atoms with van der Waals surface area (Å²) in [5.74, 6) is 0.552. The Morgan fingerprint density at radius 3 is 2.73 bits per heavy atom. The van der Waals surface area contributed by atoms with E-state index in [-0.39, 0.29) is 11.9 Å². The van der Waals surface area contributed by atoms with Crippen molar-refractivity contribution < 1.29 is 14.3 Å². The van der Waals surface area contributed by atoms with Crippen molar-refractivity contribution in [1.82, 2.24) is 0 Å². The van der Waals surface area contributed by atoms with Crippen molar-refractivity contribution in [3.8, 4) is 0 Å². The Bertz CT molecular complexity index is 411. The maximum Gasteiger partial charge on any atom is 0.189 e. The van der Waals surface area contributed by atoms with Gasteiger partial charge in [-0.05, 0) is 17.7 Å². The second-order valence-electron chi connectivity index (χ2n) is 3.30. The number of carbonyl (C=O) groups excluding carboxylic acids is 1. The van der Waals surface area contributed by atoms with Crippen LogP contribution in [0.1, 0.15) is 0 Å². The Hall–Kier alpha value is -1.61. The summed E-state index contributed by atoms with van der Waals surface area (Å²) in [4.78, 5) is 11.7. The van der Waals surface area contributed by atoms with E-state index in [0.29, 0.717) is 11.3 Å². The van der Waals surface area contributed by atoms with Crippen molar-refractivity contribution in [1.29, 1.82) is 0 Å². The van der Waals surface area contributed by atoms with E-state index in [4.69, 9.17) is 9.47 Å². The minimum atomic E-state index is -0.266. The fraction of sp³-hybridized carbons (Fsp3) is 0.250. The lowest BCUT2D eigenvalue weighted by atomic mass is 9.90. The molecule has 15 heavy (non-hydrogen) atoms. The number of carbonyl (C=O) groups is 1. The monoisotopic (exact) mass is 204 g/mol. The third-order valence-electron chi connectivity index (χ3n) is 2.49. The van der Waals surface area contributed by atoms with E-state index >= 15 is 0 Å². The van der Waals surface area contributed by atoms with Crippen LogP contribution in [-0.2, 0) is 14.3 Å². The van der Waals surface area contributed by atoms with Gasteiger partial charge in [-0.3, -0.25) is 4.79 Å². The molecule has 0 aliphatic heterocycles. The van der Waals surface area contributed by atoms with Crippen LogP contribution in [0.5, 0.6) is 0 Å². The Labute approximate surface area is 88.4 Å². The first-order valence-corrected chi connectivity index (χ1v) is 4.70. The first-order valence-electron chi connectivity index (χ1n) is 4.70. The highest BCUT2D eigenvalue weighted by atomic mass is 16.5. The number of hydrogen-bond donors (Lipinski definition) is 0. The Morgan fingerprint density at radius 1 is 1.27 bits per heavy atom. The van der Waals surface area contributed by atoms with Gasteiger partial charge in [0.15, 0.2) is 5.78 Å². The van der Waals surface area contributed by atoms with E-state index in [2.05, 4.69) is 0 Å². The molecule has 2 aliphatic carbocycles. The van der Waals surface area contributed by atoms with Crippen LogP contribution in [0.4, 0.5) is 0 Å². The van der Waals surface area contributed by atoms with Crippen LogP contribution in [0.2, 0.25) is 0 Å². The van der Waals surface area contributed by atoms with Crippen LogP contribution in [0, 0.1) is 0 Å². The average molecular weight is 204 g/mol. The van der Waals surface area contributed by atoms with E-state index in [9.17, 15) is 4.79 Å². The third kappa shape index (κ3) is 1.55. The molecular weight excluding hydrogens is 192 g/mol. The standard InChI is InChI=1S/C12H12O3/c1-14-10-7-6-8-4-3-5-9(13)11(8)12(10)15-2/h3-7,10H,1-2H3. The van der Waals surface area contributed by atoms with Gasteiger partial charge in [-0.25, -0.2) is 0 Å². The predicted octanol–water partition coefficient (Wildman–Crippen LogP) is 1.54. The van der Waals surface area contributed by atoms with Crippen molar-refractivity contribution in [3.05, 3.63) is 47.3 Å². The molecule has 1 atom stereocenters. The van der Waals surface area contributed by atoms with Crippen molar-refractivity contribution in [2.45, 2.75) is 6.10 Å². The normalized spacial score (nSPS) is 24.0. The SMILES string of the molecule is COC1=C2C(=O)C=CC=C2C=CC1OC. The van der Waals surface area contributed by atoms with Crippen molar-refractivity contribution in [2.24, 2.45) is 0 Å². The molecule has 0 heterocycles. The molecular formula is C12H12O3. The summed E-state index contributed by atoms with van der Waals surface area (Å²) in [6.45, 7) is 0. The third-order valence-corrected chi connectivity index (χ3v) is 2.49. The van der Waals surface area contributed by atoms with Crippen molar-refractivity contribution in [2.75, 3.05) is 14.2 Å². The lowest BCUT2D eigenvalue weighted by Crippen LogP contribution is -2.22. The van der Waals surface area contributed by atoms with Gasteiger partial charge in [0, 0.05) is 7.11 Å². The van der Waals surface area contributed by atoms with Crippen LogP contribution in [0.3, 0.4) is 0 Å². The molecule has 1 unspecified atom stereocenters. The minimum Gasteiger partial charge on any atom is -0.497 e. The van der Waals surface area contributed by atoms with E-state index < -0.39 is 0 Å². The largest absolute Gasteiger partial charge is 0.497 e. The Kier molecular flexibility index (Phi) is 2.56. The van der Waals surface area contributed by atoms with Gasteiger partial charge in [-0.1, -0.05) is 18.2 Å². The summed E-state index contributed by atoms with van der Waals surface area (Å²) in [5.41, 5.74) is 1.49. The van der Waals surface area contributed by atoms with Crippen LogP contribution < -0.4 is 0 Å².